The molecule has 19 heavy (non-hydrogen) atoms. The Balaban J connectivity index is 2.26. The molecule has 1 aliphatic carbocycles. The third kappa shape index (κ3) is 3.08. The maximum Gasteiger partial charge on any atom is 0.0957 e. The Hall–Kier alpha value is -1.09. The Bertz CT molecular complexity index is 473. The van der Waals surface area contributed by atoms with Gasteiger partial charge in [-0.25, -0.2) is 0 Å². The molecule has 0 amide bonds. The van der Waals surface area contributed by atoms with Gasteiger partial charge >= 0.3 is 0 Å². The molecular formula is C15H20N2OS. The summed E-state index contributed by atoms with van der Waals surface area (Å²) in [7, 11) is 1.81. The highest BCUT2D eigenvalue weighted by Crippen LogP contribution is 2.42. The maximum absolute atomic E-state index is 5.61. The monoisotopic (exact) mass is 276 g/mol. The van der Waals surface area contributed by atoms with E-state index < -0.39 is 0 Å². The summed E-state index contributed by atoms with van der Waals surface area (Å²) in [6, 6.07) is 2.06. The Morgan fingerprint density at radius 1 is 1.37 bits per heavy atom. The lowest BCUT2D eigenvalue weighted by molar-refractivity contribution is -0.0131. The summed E-state index contributed by atoms with van der Waals surface area (Å²) in [5.74, 6) is 1.61. The fourth-order valence-electron chi connectivity index (χ4n) is 3.43. The molecule has 4 heteroatoms. The van der Waals surface area contributed by atoms with Crippen molar-refractivity contribution in [2.75, 3.05) is 7.11 Å². The van der Waals surface area contributed by atoms with Crippen molar-refractivity contribution in [2.45, 2.75) is 38.7 Å². The van der Waals surface area contributed by atoms with Gasteiger partial charge in [0.1, 0.15) is 0 Å². The zero-order valence-corrected chi connectivity index (χ0v) is 12.5. The molecule has 1 aromatic heterocycles. The Morgan fingerprint density at radius 3 is 2.63 bits per heavy atom. The van der Waals surface area contributed by atoms with Crippen LogP contribution in [0.1, 0.15) is 38.2 Å². The van der Waals surface area contributed by atoms with E-state index >= 15 is 0 Å². The standard InChI is InChI=1S/C15H20N2OS/c1-10-6-12(7-11(2)15(10)18-3)13-4-5-16-8-14(13)17-9-19/h4-5,8,10-12,15H,6-7H2,1-3H3/t10-,11+,12+,15-. The van der Waals surface area contributed by atoms with Crippen LogP contribution in [0.25, 0.3) is 0 Å². The molecule has 1 saturated carbocycles. The van der Waals surface area contributed by atoms with Gasteiger partial charge in [0.25, 0.3) is 0 Å². The summed E-state index contributed by atoms with van der Waals surface area (Å²) in [6.45, 7) is 4.53. The zero-order chi connectivity index (χ0) is 13.8. The first-order valence-corrected chi connectivity index (χ1v) is 7.12. The molecular weight excluding hydrogens is 256 g/mol. The van der Waals surface area contributed by atoms with Crippen molar-refractivity contribution in [3.63, 3.8) is 0 Å². The zero-order valence-electron chi connectivity index (χ0n) is 11.7. The van der Waals surface area contributed by atoms with Gasteiger partial charge < -0.3 is 4.74 Å². The van der Waals surface area contributed by atoms with E-state index in [1.54, 1.807) is 6.20 Å². The molecule has 0 saturated heterocycles. The fraction of sp³-hybridized carbons (Fsp3) is 0.600. The van der Waals surface area contributed by atoms with Gasteiger partial charge in [-0.05, 0) is 54.4 Å². The van der Waals surface area contributed by atoms with Gasteiger partial charge in [-0.3, -0.25) is 4.98 Å². The van der Waals surface area contributed by atoms with E-state index in [0.29, 0.717) is 23.9 Å². The summed E-state index contributed by atoms with van der Waals surface area (Å²) in [6.07, 6.45) is 6.19. The largest absolute Gasteiger partial charge is 0.381 e. The number of rotatable bonds is 3. The summed E-state index contributed by atoms with van der Waals surface area (Å²) in [5, 5.41) is 2.45. The van der Waals surface area contributed by atoms with Gasteiger partial charge in [0.2, 0.25) is 0 Å². The number of hydrogen-bond donors (Lipinski definition) is 0. The number of aromatic nitrogens is 1. The molecule has 4 atom stereocenters. The van der Waals surface area contributed by atoms with Crippen molar-refractivity contribution >= 4 is 23.1 Å². The lowest BCUT2D eigenvalue weighted by Crippen LogP contribution is -2.35. The number of ether oxygens (including phenoxy) is 1. The van der Waals surface area contributed by atoms with Crippen molar-refractivity contribution in [1.82, 2.24) is 4.98 Å². The van der Waals surface area contributed by atoms with Crippen molar-refractivity contribution in [2.24, 2.45) is 16.8 Å². The van der Waals surface area contributed by atoms with E-state index in [4.69, 9.17) is 17.0 Å². The molecule has 0 aliphatic heterocycles. The molecule has 1 aliphatic rings. The van der Waals surface area contributed by atoms with Crippen LogP contribution in [-0.4, -0.2) is 23.4 Å². The van der Waals surface area contributed by atoms with Crippen LogP contribution in [0.2, 0.25) is 0 Å². The number of hydrogen-bond acceptors (Lipinski definition) is 4. The van der Waals surface area contributed by atoms with E-state index in [9.17, 15) is 0 Å². The predicted octanol–water partition coefficient (Wildman–Crippen LogP) is 3.98. The summed E-state index contributed by atoms with van der Waals surface area (Å²) in [5.41, 5.74) is 2.10. The molecule has 0 radical (unpaired) electrons. The average molecular weight is 276 g/mol. The molecule has 3 nitrogen and oxygen atoms in total. The van der Waals surface area contributed by atoms with Crippen LogP contribution in [0.3, 0.4) is 0 Å². The molecule has 0 unspecified atom stereocenters. The predicted molar refractivity (Wildman–Crippen MR) is 80.0 cm³/mol. The topological polar surface area (TPSA) is 34.5 Å². The molecule has 102 valence electrons. The van der Waals surface area contributed by atoms with E-state index in [0.717, 1.165) is 18.5 Å². The second-order valence-corrected chi connectivity index (χ2v) is 5.64. The molecule has 0 N–H and O–H groups in total. The smallest absolute Gasteiger partial charge is 0.0957 e. The van der Waals surface area contributed by atoms with E-state index in [1.807, 2.05) is 13.3 Å². The minimum absolute atomic E-state index is 0.357. The first kappa shape index (κ1) is 14.3. The number of methoxy groups -OCH3 is 1. The maximum atomic E-state index is 5.61. The van der Waals surface area contributed by atoms with Crippen molar-refractivity contribution < 1.29 is 4.74 Å². The number of aliphatic imine (C=N–C) groups is 1. The van der Waals surface area contributed by atoms with Gasteiger partial charge in [-0.15, -0.1) is 0 Å². The highest BCUT2D eigenvalue weighted by atomic mass is 32.1. The van der Waals surface area contributed by atoms with Crippen molar-refractivity contribution in [3.05, 3.63) is 24.0 Å². The third-order valence-corrected chi connectivity index (χ3v) is 4.24. The van der Waals surface area contributed by atoms with Crippen LogP contribution in [-0.2, 0) is 4.74 Å². The highest BCUT2D eigenvalue weighted by Gasteiger charge is 2.34. The molecule has 1 heterocycles. The van der Waals surface area contributed by atoms with E-state index in [-0.39, 0.29) is 0 Å². The lowest BCUT2D eigenvalue weighted by atomic mass is 9.72. The van der Waals surface area contributed by atoms with Gasteiger partial charge in [-0.2, -0.15) is 4.99 Å². The van der Waals surface area contributed by atoms with Gasteiger partial charge in [0.15, 0.2) is 0 Å². The molecule has 1 fully saturated rings. The molecule has 1 aromatic rings. The van der Waals surface area contributed by atoms with Crippen molar-refractivity contribution in [3.8, 4) is 0 Å². The van der Waals surface area contributed by atoms with Crippen LogP contribution in [0.4, 0.5) is 5.69 Å². The van der Waals surface area contributed by atoms with Gasteiger partial charge in [0.05, 0.1) is 23.1 Å². The molecule has 0 aromatic carbocycles. The Kier molecular flexibility index (Phi) is 4.81. The van der Waals surface area contributed by atoms with Crippen LogP contribution in [0.15, 0.2) is 23.5 Å². The molecule has 2 rings (SSSR count). The minimum atomic E-state index is 0.357. The average Bonchev–Trinajstić information content (AvgIpc) is 2.39. The van der Waals surface area contributed by atoms with Crippen LogP contribution in [0.5, 0.6) is 0 Å². The number of thiocarbonyl (C=S) groups is 1. The Labute approximate surface area is 120 Å². The summed E-state index contributed by atoms with van der Waals surface area (Å²) >= 11 is 4.71. The van der Waals surface area contributed by atoms with Crippen molar-refractivity contribution in [1.29, 1.82) is 0 Å². The van der Waals surface area contributed by atoms with Crippen LogP contribution in [0, 0.1) is 11.8 Å². The number of pyridine rings is 1. The quantitative estimate of drug-likeness (QED) is 0.618. The SMILES string of the molecule is CO[C@@H]1[C@H](C)C[C@H](c2ccncc2N=C=S)C[C@@H]1C. The fourth-order valence-corrected chi connectivity index (χ4v) is 3.52. The van der Waals surface area contributed by atoms with Crippen LogP contribution >= 0.6 is 12.2 Å². The van der Waals surface area contributed by atoms with E-state index in [1.165, 1.54) is 5.56 Å². The minimum Gasteiger partial charge on any atom is -0.381 e. The first-order chi connectivity index (χ1) is 9.17. The van der Waals surface area contributed by atoms with Gasteiger partial charge in [-0.1, -0.05) is 13.8 Å². The highest BCUT2D eigenvalue weighted by molar-refractivity contribution is 7.78. The van der Waals surface area contributed by atoms with Gasteiger partial charge in [0, 0.05) is 13.3 Å². The van der Waals surface area contributed by atoms with Crippen LogP contribution < -0.4 is 0 Å². The number of isothiocyanates is 1. The normalized spacial score (nSPS) is 30.7. The summed E-state index contributed by atoms with van der Waals surface area (Å²) < 4.78 is 5.61. The third-order valence-electron chi connectivity index (χ3n) is 4.15. The second kappa shape index (κ2) is 6.38. The molecule has 0 spiro atoms. The Morgan fingerprint density at radius 2 is 2.05 bits per heavy atom. The summed E-state index contributed by atoms with van der Waals surface area (Å²) in [4.78, 5) is 8.27. The number of nitrogens with zero attached hydrogens (tertiary/aromatic N) is 2. The second-order valence-electron chi connectivity index (χ2n) is 5.46. The molecule has 0 bridgehead atoms. The lowest BCUT2D eigenvalue weighted by Gasteiger charge is -2.38. The van der Waals surface area contributed by atoms with E-state index in [2.05, 4.69) is 35.1 Å². The first-order valence-electron chi connectivity index (χ1n) is 6.72.